The lowest BCUT2D eigenvalue weighted by Gasteiger charge is -2.37. The summed E-state index contributed by atoms with van der Waals surface area (Å²) in [6.07, 6.45) is 3.38. The number of carbonyl (C=O) groups excluding carboxylic acids is 3. The highest BCUT2D eigenvalue weighted by Gasteiger charge is 2.35. The van der Waals surface area contributed by atoms with E-state index in [1.807, 2.05) is 13.8 Å². The Morgan fingerprint density at radius 2 is 2.08 bits per heavy atom. The number of piperidine rings is 1. The Kier molecular flexibility index (Phi) is 4.36. The molecule has 0 spiro atoms. The van der Waals surface area contributed by atoms with Crippen molar-refractivity contribution in [2.24, 2.45) is 11.7 Å². The van der Waals surface area contributed by atoms with Crippen molar-refractivity contribution >= 4 is 29.3 Å². The molecule has 0 unspecified atom stereocenters. The number of primary amides is 1. The van der Waals surface area contributed by atoms with Crippen LogP contribution in [0.2, 0.25) is 0 Å². The number of hydrogen-bond donors (Lipinski definition) is 2. The third kappa shape index (κ3) is 3.57. The van der Waals surface area contributed by atoms with E-state index in [4.69, 9.17) is 10.5 Å². The Morgan fingerprint density at radius 1 is 1.40 bits per heavy atom. The second-order valence-electron chi connectivity index (χ2n) is 7.15. The maximum Gasteiger partial charge on any atom is 0.405 e. The lowest BCUT2D eigenvalue weighted by atomic mass is 9.86. The highest BCUT2D eigenvalue weighted by Crippen LogP contribution is 2.35. The monoisotopic (exact) mass is 346 g/mol. The zero-order valence-electron chi connectivity index (χ0n) is 14.4. The molecule has 0 radical (unpaired) electrons. The van der Waals surface area contributed by atoms with Crippen LogP contribution in [-0.2, 0) is 9.53 Å². The predicted molar refractivity (Wildman–Crippen MR) is 91.5 cm³/mol. The molecular formula is C17H22N4O4. The first-order chi connectivity index (χ1) is 11.8. The number of ether oxygens (including phenoxy) is 1. The van der Waals surface area contributed by atoms with Gasteiger partial charge in [0.15, 0.2) is 0 Å². The molecule has 1 saturated heterocycles. The zero-order valence-corrected chi connectivity index (χ0v) is 14.4. The summed E-state index contributed by atoms with van der Waals surface area (Å²) in [6, 6.07) is 1.78. The van der Waals surface area contributed by atoms with Crippen molar-refractivity contribution in [1.29, 1.82) is 0 Å². The van der Waals surface area contributed by atoms with Gasteiger partial charge in [0.05, 0.1) is 11.3 Å². The van der Waals surface area contributed by atoms with E-state index in [2.05, 4.69) is 15.2 Å². The molecule has 2 aliphatic rings. The number of fused-ring (bicyclic) bond motifs is 1. The first-order valence-corrected chi connectivity index (χ1v) is 8.35. The number of hydrogen-bond acceptors (Lipinski definition) is 6. The Hall–Kier alpha value is -2.64. The SMILES string of the molecule is CC(C)(CC1CCN(c2ccnc3c2C(=O)C(=O)N3)CC1)OC(N)=O. The van der Waals surface area contributed by atoms with E-state index >= 15 is 0 Å². The summed E-state index contributed by atoms with van der Waals surface area (Å²) in [5.41, 5.74) is 5.64. The average Bonchev–Trinajstić information content (AvgIpc) is 2.81. The van der Waals surface area contributed by atoms with Crippen molar-refractivity contribution in [2.75, 3.05) is 23.3 Å². The highest BCUT2D eigenvalue weighted by molar-refractivity contribution is 6.52. The second kappa shape index (κ2) is 6.34. The van der Waals surface area contributed by atoms with Gasteiger partial charge in [-0.25, -0.2) is 9.78 Å². The summed E-state index contributed by atoms with van der Waals surface area (Å²) >= 11 is 0. The normalized spacial score (nSPS) is 18.1. The molecule has 0 saturated carbocycles. The largest absolute Gasteiger partial charge is 0.444 e. The minimum absolute atomic E-state index is 0.339. The number of carbonyl (C=O) groups is 3. The van der Waals surface area contributed by atoms with Gasteiger partial charge in [-0.05, 0) is 45.1 Å². The van der Waals surface area contributed by atoms with Gasteiger partial charge in [-0.3, -0.25) is 9.59 Å². The van der Waals surface area contributed by atoms with Gasteiger partial charge < -0.3 is 20.7 Å². The first kappa shape index (κ1) is 17.2. The van der Waals surface area contributed by atoms with Crippen LogP contribution in [0.4, 0.5) is 16.3 Å². The molecule has 2 amide bonds. The van der Waals surface area contributed by atoms with Gasteiger partial charge in [-0.1, -0.05) is 0 Å². The van der Waals surface area contributed by atoms with Crippen LogP contribution < -0.4 is 16.0 Å². The topological polar surface area (TPSA) is 115 Å². The third-order valence-electron chi connectivity index (χ3n) is 4.71. The predicted octanol–water partition coefficient (Wildman–Crippen LogP) is 1.70. The van der Waals surface area contributed by atoms with E-state index < -0.39 is 23.4 Å². The van der Waals surface area contributed by atoms with Crippen LogP contribution in [-0.4, -0.2) is 41.5 Å². The molecule has 8 heteroatoms. The van der Waals surface area contributed by atoms with Crippen molar-refractivity contribution in [3.63, 3.8) is 0 Å². The lowest BCUT2D eigenvalue weighted by molar-refractivity contribution is -0.112. The molecule has 1 fully saturated rings. The Labute approximate surface area is 145 Å². The quantitative estimate of drug-likeness (QED) is 0.802. The fourth-order valence-electron chi connectivity index (χ4n) is 3.70. The van der Waals surface area contributed by atoms with Crippen LogP contribution in [0.1, 0.15) is 43.5 Å². The lowest BCUT2D eigenvalue weighted by Crippen LogP contribution is -2.39. The van der Waals surface area contributed by atoms with Crippen molar-refractivity contribution in [1.82, 2.24) is 4.98 Å². The van der Waals surface area contributed by atoms with E-state index in [0.29, 0.717) is 17.3 Å². The molecule has 0 atom stereocenters. The summed E-state index contributed by atoms with van der Waals surface area (Å²) in [5.74, 6) is -0.423. The maximum absolute atomic E-state index is 12.1. The van der Waals surface area contributed by atoms with Crippen LogP contribution in [0.25, 0.3) is 0 Å². The fourth-order valence-corrected chi connectivity index (χ4v) is 3.70. The molecule has 1 aromatic heterocycles. The van der Waals surface area contributed by atoms with Gasteiger partial charge in [0, 0.05) is 19.3 Å². The Bertz CT molecular complexity index is 723. The molecule has 25 heavy (non-hydrogen) atoms. The first-order valence-electron chi connectivity index (χ1n) is 8.35. The van der Waals surface area contributed by atoms with Gasteiger partial charge in [0.25, 0.3) is 11.7 Å². The second-order valence-corrected chi connectivity index (χ2v) is 7.15. The molecule has 0 bridgehead atoms. The summed E-state index contributed by atoms with van der Waals surface area (Å²) < 4.78 is 5.16. The number of rotatable bonds is 4. The van der Waals surface area contributed by atoms with Crippen molar-refractivity contribution in [3.05, 3.63) is 17.8 Å². The summed E-state index contributed by atoms with van der Waals surface area (Å²) in [7, 11) is 0. The van der Waals surface area contributed by atoms with E-state index in [9.17, 15) is 14.4 Å². The van der Waals surface area contributed by atoms with Crippen molar-refractivity contribution in [2.45, 2.75) is 38.7 Å². The van der Waals surface area contributed by atoms with Gasteiger partial charge in [-0.2, -0.15) is 0 Å². The molecule has 0 aromatic carbocycles. The molecule has 2 aliphatic heterocycles. The van der Waals surface area contributed by atoms with Crippen LogP contribution in [0, 0.1) is 5.92 Å². The van der Waals surface area contributed by atoms with Crippen LogP contribution >= 0.6 is 0 Å². The summed E-state index contributed by atoms with van der Waals surface area (Å²) in [5, 5.41) is 2.50. The van der Waals surface area contributed by atoms with Gasteiger partial charge >= 0.3 is 6.09 Å². The van der Waals surface area contributed by atoms with Gasteiger partial charge in [0.1, 0.15) is 11.4 Å². The Morgan fingerprint density at radius 3 is 2.72 bits per heavy atom. The summed E-state index contributed by atoms with van der Waals surface area (Å²) in [6.45, 7) is 5.23. The number of aromatic nitrogens is 1. The number of ketones is 1. The molecule has 134 valence electrons. The number of pyridine rings is 1. The highest BCUT2D eigenvalue weighted by atomic mass is 16.6. The number of nitrogens with one attached hydrogen (secondary N) is 1. The van der Waals surface area contributed by atoms with Crippen LogP contribution in [0.5, 0.6) is 0 Å². The van der Waals surface area contributed by atoms with Crippen molar-refractivity contribution < 1.29 is 19.1 Å². The van der Waals surface area contributed by atoms with E-state index in [-0.39, 0.29) is 0 Å². The number of Topliss-reactive ketones (excluding diaryl/α,β-unsaturated/α-hetero) is 1. The zero-order chi connectivity index (χ0) is 18.2. The number of amides is 2. The molecule has 0 aliphatic carbocycles. The molecule has 8 nitrogen and oxygen atoms in total. The number of nitrogens with two attached hydrogens (primary N) is 1. The molecule has 3 N–H and O–H groups in total. The van der Waals surface area contributed by atoms with Crippen molar-refractivity contribution in [3.8, 4) is 0 Å². The van der Waals surface area contributed by atoms with E-state index in [1.165, 1.54) is 0 Å². The smallest absolute Gasteiger partial charge is 0.405 e. The standard InChI is InChI=1S/C17H22N4O4/c1-17(2,25-16(18)24)9-10-4-7-21(8-5-10)11-3-6-19-14-12(11)13(22)15(23)20-14/h3,6,10H,4-5,7-9H2,1-2H3,(H2,18,24)(H,19,20,22,23). The summed E-state index contributed by atoms with van der Waals surface area (Å²) in [4.78, 5) is 40.8. The maximum atomic E-state index is 12.1. The van der Waals surface area contributed by atoms with E-state index in [0.717, 1.165) is 38.0 Å². The molecular weight excluding hydrogens is 324 g/mol. The molecule has 3 heterocycles. The fraction of sp³-hybridized carbons (Fsp3) is 0.529. The minimum Gasteiger partial charge on any atom is -0.444 e. The Balaban J connectivity index is 1.66. The molecule has 1 aromatic rings. The third-order valence-corrected chi connectivity index (χ3v) is 4.71. The van der Waals surface area contributed by atoms with Crippen LogP contribution in [0.3, 0.4) is 0 Å². The number of nitrogens with zero attached hydrogens (tertiary/aromatic N) is 2. The van der Waals surface area contributed by atoms with Crippen LogP contribution in [0.15, 0.2) is 12.3 Å². The van der Waals surface area contributed by atoms with Gasteiger partial charge in [-0.15, -0.1) is 0 Å². The molecule has 3 rings (SSSR count). The number of anilines is 2. The minimum atomic E-state index is -0.759. The van der Waals surface area contributed by atoms with E-state index in [1.54, 1.807) is 12.3 Å². The van der Waals surface area contributed by atoms with Gasteiger partial charge in [0.2, 0.25) is 0 Å². The average molecular weight is 346 g/mol.